The number of hydrogen-bond donors (Lipinski definition) is 0. The van der Waals surface area contributed by atoms with Gasteiger partial charge >= 0.3 is 6.36 Å². The van der Waals surface area contributed by atoms with Gasteiger partial charge in [-0.3, -0.25) is 0 Å². The van der Waals surface area contributed by atoms with Crippen molar-refractivity contribution in [2.45, 2.75) is 20.2 Å². The second-order valence-electron chi connectivity index (χ2n) is 3.41. The molecule has 1 aromatic heterocycles. The first kappa shape index (κ1) is 17.3. The van der Waals surface area contributed by atoms with Gasteiger partial charge in [0.15, 0.2) is 0 Å². The van der Waals surface area contributed by atoms with Gasteiger partial charge in [-0.15, -0.1) is 13.2 Å². The largest absolute Gasteiger partial charge is 0.573 e. The summed E-state index contributed by atoms with van der Waals surface area (Å²) < 4.78 is 45.7. The zero-order valence-corrected chi connectivity index (χ0v) is 12.9. The summed E-state index contributed by atoms with van der Waals surface area (Å²) in [5.74, 6) is 0.376. The lowest BCUT2D eigenvalue weighted by Crippen LogP contribution is -2.16. The molecule has 114 valence electrons. The van der Waals surface area contributed by atoms with Crippen molar-refractivity contribution in [3.63, 3.8) is 0 Å². The Bertz CT molecular complexity index is 559. The topological polar surface area (TPSA) is 31.4 Å². The van der Waals surface area contributed by atoms with Crippen LogP contribution in [0.25, 0.3) is 0 Å². The van der Waals surface area contributed by atoms with Crippen LogP contribution in [0.15, 0.2) is 47.1 Å². The molecule has 0 amide bonds. The van der Waals surface area contributed by atoms with E-state index in [1.54, 1.807) is 18.3 Å². The third kappa shape index (κ3) is 6.03. The fourth-order valence-electron chi connectivity index (χ4n) is 1.27. The molecule has 0 atom stereocenters. The minimum Gasteiger partial charge on any atom is -0.438 e. The van der Waals surface area contributed by atoms with Crippen LogP contribution in [0.1, 0.15) is 13.8 Å². The van der Waals surface area contributed by atoms with Crippen LogP contribution < -0.4 is 9.47 Å². The number of halogens is 4. The summed E-state index contributed by atoms with van der Waals surface area (Å²) in [7, 11) is 0. The minimum atomic E-state index is -4.70. The van der Waals surface area contributed by atoms with Crippen molar-refractivity contribution < 1.29 is 22.6 Å². The quantitative estimate of drug-likeness (QED) is 0.715. The summed E-state index contributed by atoms with van der Waals surface area (Å²) >= 11 is 3.25. The fraction of sp³-hybridized carbons (Fsp3) is 0.214. The molecule has 0 saturated heterocycles. The van der Waals surface area contributed by atoms with E-state index in [1.165, 1.54) is 24.3 Å². The average Bonchev–Trinajstić information content (AvgIpc) is 2.44. The van der Waals surface area contributed by atoms with Crippen molar-refractivity contribution in [2.24, 2.45) is 0 Å². The summed E-state index contributed by atoms with van der Waals surface area (Å²) in [4.78, 5) is 3.98. The molecular formula is C14H13BrF3NO2. The molecule has 0 radical (unpaired) electrons. The molecule has 0 N–H and O–H groups in total. The van der Waals surface area contributed by atoms with Gasteiger partial charge in [0, 0.05) is 6.20 Å². The van der Waals surface area contributed by atoms with Gasteiger partial charge < -0.3 is 9.47 Å². The number of pyridine rings is 1. The molecule has 0 spiro atoms. The van der Waals surface area contributed by atoms with E-state index >= 15 is 0 Å². The van der Waals surface area contributed by atoms with Crippen molar-refractivity contribution in [2.75, 3.05) is 0 Å². The van der Waals surface area contributed by atoms with Crippen molar-refractivity contribution >= 4 is 15.9 Å². The van der Waals surface area contributed by atoms with Crippen LogP contribution in [0.5, 0.6) is 17.4 Å². The van der Waals surface area contributed by atoms with Crippen LogP contribution in [0, 0.1) is 0 Å². The lowest BCUT2D eigenvalue weighted by molar-refractivity contribution is -0.274. The Kier molecular flexibility index (Phi) is 6.48. The van der Waals surface area contributed by atoms with E-state index in [4.69, 9.17) is 4.74 Å². The van der Waals surface area contributed by atoms with Gasteiger partial charge in [-0.05, 0) is 52.3 Å². The van der Waals surface area contributed by atoms with Crippen molar-refractivity contribution in [3.8, 4) is 17.4 Å². The smallest absolute Gasteiger partial charge is 0.438 e. The summed E-state index contributed by atoms with van der Waals surface area (Å²) in [6, 6.07) is 8.52. The normalized spacial score (nSPS) is 10.4. The molecule has 0 saturated carbocycles. The molecule has 7 heteroatoms. The van der Waals surface area contributed by atoms with Gasteiger partial charge in [0.2, 0.25) is 5.88 Å². The van der Waals surface area contributed by atoms with Crippen LogP contribution in [0.3, 0.4) is 0 Å². The number of rotatable bonds is 3. The molecule has 1 aromatic carbocycles. The standard InChI is InChI=1S/C12H7BrF3NO2.C2H6/c13-10-2-1-7-17-11(10)18-8-3-5-9(6-4-8)19-12(14,15)16;1-2/h1-7H;1-2H3. The lowest BCUT2D eigenvalue weighted by atomic mass is 10.3. The highest BCUT2D eigenvalue weighted by Gasteiger charge is 2.30. The Hall–Kier alpha value is -1.76. The zero-order chi connectivity index (χ0) is 15.9. The van der Waals surface area contributed by atoms with Crippen LogP contribution in [-0.2, 0) is 0 Å². The molecule has 3 nitrogen and oxygen atoms in total. The first-order chi connectivity index (χ1) is 9.94. The molecule has 2 aromatic rings. The SMILES string of the molecule is CC.FC(F)(F)Oc1ccc(Oc2ncccc2Br)cc1. The molecule has 0 unspecified atom stereocenters. The lowest BCUT2D eigenvalue weighted by Gasteiger charge is -2.10. The predicted molar refractivity (Wildman–Crippen MR) is 76.5 cm³/mol. The van der Waals surface area contributed by atoms with Crippen molar-refractivity contribution in [1.29, 1.82) is 0 Å². The first-order valence-electron chi connectivity index (χ1n) is 6.08. The van der Waals surface area contributed by atoms with Crippen molar-refractivity contribution in [1.82, 2.24) is 4.98 Å². The Morgan fingerprint density at radius 2 is 1.57 bits per heavy atom. The highest BCUT2D eigenvalue weighted by Crippen LogP contribution is 2.29. The number of hydrogen-bond acceptors (Lipinski definition) is 3. The third-order valence-electron chi connectivity index (χ3n) is 2.00. The minimum absolute atomic E-state index is 0.306. The van der Waals surface area contributed by atoms with Gasteiger partial charge in [-0.2, -0.15) is 0 Å². The first-order valence-corrected chi connectivity index (χ1v) is 6.87. The van der Waals surface area contributed by atoms with Crippen molar-refractivity contribution in [3.05, 3.63) is 47.1 Å². The number of ether oxygens (including phenoxy) is 2. The molecule has 21 heavy (non-hydrogen) atoms. The number of nitrogens with zero attached hydrogens (tertiary/aromatic N) is 1. The van der Waals surface area contributed by atoms with E-state index in [2.05, 4.69) is 25.7 Å². The Morgan fingerprint density at radius 1 is 1.00 bits per heavy atom. The van der Waals surface area contributed by atoms with E-state index in [1.807, 2.05) is 13.8 Å². The van der Waals surface area contributed by atoms with Gasteiger partial charge in [0.25, 0.3) is 0 Å². The molecule has 2 rings (SSSR count). The van der Waals surface area contributed by atoms with E-state index in [-0.39, 0.29) is 5.75 Å². The molecule has 0 aliphatic rings. The predicted octanol–water partition coefficient (Wildman–Crippen LogP) is 5.56. The Morgan fingerprint density at radius 3 is 2.10 bits per heavy atom. The van der Waals surface area contributed by atoms with Gasteiger partial charge in [-0.25, -0.2) is 4.98 Å². The van der Waals surface area contributed by atoms with Crippen LogP contribution >= 0.6 is 15.9 Å². The number of aromatic nitrogens is 1. The summed E-state index contributed by atoms with van der Waals surface area (Å²) in [5, 5.41) is 0. The maximum atomic E-state index is 12.0. The molecule has 0 aliphatic heterocycles. The molecule has 1 heterocycles. The second kappa shape index (κ2) is 7.87. The maximum absolute atomic E-state index is 12.0. The summed E-state index contributed by atoms with van der Waals surface area (Å²) in [5.41, 5.74) is 0. The average molecular weight is 364 g/mol. The molecule has 0 fully saturated rings. The molecule has 0 bridgehead atoms. The van der Waals surface area contributed by atoms with Crippen LogP contribution in [0.4, 0.5) is 13.2 Å². The monoisotopic (exact) mass is 363 g/mol. The number of alkyl halides is 3. The van der Waals surface area contributed by atoms with Gasteiger partial charge in [-0.1, -0.05) is 13.8 Å². The van der Waals surface area contributed by atoms with E-state index in [0.717, 1.165) is 0 Å². The Balaban J connectivity index is 0.00000106. The third-order valence-corrected chi connectivity index (χ3v) is 2.60. The molecular weight excluding hydrogens is 351 g/mol. The van der Waals surface area contributed by atoms with E-state index in [9.17, 15) is 13.2 Å². The van der Waals surface area contributed by atoms with Crippen LogP contribution in [-0.4, -0.2) is 11.3 Å². The van der Waals surface area contributed by atoms with Gasteiger partial charge in [0.1, 0.15) is 11.5 Å². The van der Waals surface area contributed by atoms with E-state index < -0.39 is 6.36 Å². The fourth-order valence-corrected chi connectivity index (χ4v) is 1.60. The van der Waals surface area contributed by atoms with E-state index in [0.29, 0.717) is 16.1 Å². The van der Waals surface area contributed by atoms with Crippen LogP contribution in [0.2, 0.25) is 0 Å². The van der Waals surface area contributed by atoms with Gasteiger partial charge in [0.05, 0.1) is 4.47 Å². The highest BCUT2D eigenvalue weighted by molar-refractivity contribution is 9.10. The molecule has 0 aliphatic carbocycles. The number of benzene rings is 1. The summed E-state index contributed by atoms with van der Waals surface area (Å²) in [6.07, 6.45) is -3.16. The second-order valence-corrected chi connectivity index (χ2v) is 4.27. The zero-order valence-electron chi connectivity index (χ0n) is 11.3. The summed E-state index contributed by atoms with van der Waals surface area (Å²) in [6.45, 7) is 4.00. The Labute approximate surface area is 128 Å². The highest BCUT2D eigenvalue weighted by atomic mass is 79.9. The maximum Gasteiger partial charge on any atom is 0.573 e.